The first-order chi connectivity index (χ1) is 14.3. The molecule has 0 radical (unpaired) electrons. The van der Waals surface area contributed by atoms with E-state index in [1.165, 1.54) is 24.3 Å². The number of carbonyl (C=O) groups excluding carboxylic acids is 1. The normalized spacial score (nSPS) is 15.0. The Labute approximate surface area is 178 Å². The van der Waals surface area contributed by atoms with E-state index < -0.39 is 5.82 Å². The topological polar surface area (TPSA) is 53.8 Å². The Hall–Kier alpha value is -2.70. The van der Waals surface area contributed by atoms with E-state index >= 15 is 0 Å². The Morgan fingerprint density at radius 1 is 1.07 bits per heavy atom. The van der Waals surface area contributed by atoms with Crippen LogP contribution in [0.2, 0.25) is 5.02 Å². The fraction of sp³-hybridized carbons (Fsp3) is 0.304. The van der Waals surface area contributed by atoms with Gasteiger partial charge >= 0.3 is 5.63 Å². The number of carbonyl (C=O) groups is 1. The smallest absolute Gasteiger partial charge is 0.336 e. The third-order valence-electron chi connectivity index (χ3n) is 5.66. The van der Waals surface area contributed by atoms with Crippen molar-refractivity contribution >= 4 is 28.5 Å². The molecule has 4 rings (SSSR count). The monoisotopic (exact) mass is 428 g/mol. The zero-order chi connectivity index (χ0) is 21.4. The molecule has 0 bridgehead atoms. The van der Waals surface area contributed by atoms with Crippen LogP contribution in [0.4, 0.5) is 4.39 Å². The molecule has 0 atom stereocenters. The van der Waals surface area contributed by atoms with Gasteiger partial charge in [0, 0.05) is 49.2 Å². The van der Waals surface area contributed by atoms with Crippen molar-refractivity contribution in [3.05, 3.63) is 79.9 Å². The Kier molecular flexibility index (Phi) is 5.62. The van der Waals surface area contributed by atoms with Crippen molar-refractivity contribution < 1.29 is 13.6 Å². The molecule has 156 valence electrons. The van der Waals surface area contributed by atoms with Crippen LogP contribution in [0.1, 0.15) is 27.0 Å². The summed E-state index contributed by atoms with van der Waals surface area (Å²) >= 11 is 5.92. The number of benzene rings is 2. The molecule has 0 unspecified atom stereocenters. The van der Waals surface area contributed by atoms with Gasteiger partial charge in [-0.05, 0) is 60.9 Å². The van der Waals surface area contributed by atoms with Gasteiger partial charge in [-0.1, -0.05) is 11.6 Å². The van der Waals surface area contributed by atoms with Gasteiger partial charge in [-0.15, -0.1) is 0 Å². The number of hydrogen-bond donors (Lipinski definition) is 0. The molecule has 1 aromatic heterocycles. The molecule has 1 fully saturated rings. The second-order valence-corrected chi connectivity index (χ2v) is 8.15. The third kappa shape index (κ3) is 4.11. The molecule has 0 N–H and O–H groups in total. The summed E-state index contributed by atoms with van der Waals surface area (Å²) < 4.78 is 19.4. The van der Waals surface area contributed by atoms with Crippen molar-refractivity contribution in [3.8, 4) is 0 Å². The summed E-state index contributed by atoms with van der Waals surface area (Å²) in [5, 5.41) is 1.26. The molecule has 5 nitrogen and oxygen atoms in total. The quantitative estimate of drug-likeness (QED) is 0.588. The molecular formula is C23H22ClFN2O3. The highest BCUT2D eigenvalue weighted by molar-refractivity contribution is 6.31. The predicted molar refractivity (Wildman–Crippen MR) is 115 cm³/mol. The summed E-state index contributed by atoms with van der Waals surface area (Å²) in [6.45, 7) is 6.80. The number of aryl methyl sites for hydroxylation is 2. The minimum Gasteiger partial charge on any atom is -0.423 e. The van der Waals surface area contributed by atoms with Crippen LogP contribution in [0, 0.1) is 19.7 Å². The van der Waals surface area contributed by atoms with Crippen LogP contribution in [-0.2, 0) is 6.54 Å². The lowest BCUT2D eigenvalue weighted by atomic mass is 10.0. The number of fused-ring (bicyclic) bond motifs is 1. The van der Waals surface area contributed by atoms with Crippen LogP contribution in [0.15, 0.2) is 45.6 Å². The van der Waals surface area contributed by atoms with Gasteiger partial charge in [0.25, 0.3) is 5.91 Å². The van der Waals surface area contributed by atoms with Crippen molar-refractivity contribution in [3.63, 3.8) is 0 Å². The van der Waals surface area contributed by atoms with Crippen LogP contribution < -0.4 is 5.63 Å². The van der Waals surface area contributed by atoms with E-state index in [9.17, 15) is 14.0 Å². The van der Waals surface area contributed by atoms with Gasteiger partial charge < -0.3 is 9.32 Å². The fourth-order valence-electron chi connectivity index (χ4n) is 3.80. The van der Waals surface area contributed by atoms with E-state index in [0.717, 1.165) is 22.1 Å². The zero-order valence-corrected chi connectivity index (χ0v) is 17.6. The number of halogens is 2. The van der Waals surface area contributed by atoms with Gasteiger partial charge in [-0.25, -0.2) is 9.18 Å². The van der Waals surface area contributed by atoms with Gasteiger partial charge in [-0.2, -0.15) is 0 Å². The lowest BCUT2D eigenvalue weighted by Crippen LogP contribution is -2.48. The maximum Gasteiger partial charge on any atom is 0.336 e. The number of rotatable bonds is 3. The number of nitrogens with zero attached hydrogens (tertiary/aromatic N) is 2. The van der Waals surface area contributed by atoms with Gasteiger partial charge in [-0.3, -0.25) is 9.69 Å². The summed E-state index contributed by atoms with van der Waals surface area (Å²) in [4.78, 5) is 28.5. The van der Waals surface area contributed by atoms with Crippen molar-refractivity contribution in [2.75, 3.05) is 26.2 Å². The molecule has 1 aliphatic rings. The summed E-state index contributed by atoms with van der Waals surface area (Å²) in [5.41, 5.74) is 3.33. The molecule has 30 heavy (non-hydrogen) atoms. The molecule has 7 heteroatoms. The standard InChI is InChI=1S/C23H22ClFN2O3/c1-14-9-18-16(11-22(28)30-21(18)10-15(14)2)13-26-5-7-27(8-6-26)23(29)19-12-17(24)3-4-20(19)25/h3-4,9-12H,5-8,13H2,1-2H3. The van der Waals surface area contributed by atoms with Crippen molar-refractivity contribution in [1.29, 1.82) is 0 Å². The molecule has 1 aliphatic heterocycles. The Balaban J connectivity index is 1.49. The molecule has 0 aliphatic carbocycles. The number of piperazine rings is 1. The van der Waals surface area contributed by atoms with E-state index in [4.69, 9.17) is 16.0 Å². The van der Waals surface area contributed by atoms with E-state index in [1.54, 1.807) is 4.90 Å². The molecule has 2 aromatic carbocycles. The average molecular weight is 429 g/mol. The van der Waals surface area contributed by atoms with Crippen molar-refractivity contribution in [2.45, 2.75) is 20.4 Å². The summed E-state index contributed by atoms with van der Waals surface area (Å²) in [7, 11) is 0. The largest absolute Gasteiger partial charge is 0.423 e. The molecular weight excluding hydrogens is 407 g/mol. The second-order valence-electron chi connectivity index (χ2n) is 7.72. The first-order valence-electron chi connectivity index (χ1n) is 9.82. The maximum atomic E-state index is 14.0. The predicted octanol–water partition coefficient (Wildman–Crippen LogP) is 4.16. The van der Waals surface area contributed by atoms with Crippen LogP contribution in [0.3, 0.4) is 0 Å². The molecule has 0 spiro atoms. The van der Waals surface area contributed by atoms with Gasteiger partial charge in [0.05, 0.1) is 5.56 Å². The molecule has 1 saturated heterocycles. The van der Waals surface area contributed by atoms with E-state index in [-0.39, 0.29) is 17.1 Å². The van der Waals surface area contributed by atoms with Gasteiger partial charge in [0.1, 0.15) is 11.4 Å². The van der Waals surface area contributed by atoms with Crippen molar-refractivity contribution in [2.24, 2.45) is 0 Å². The minimum absolute atomic E-state index is 0.00606. The molecule has 3 aromatic rings. The summed E-state index contributed by atoms with van der Waals surface area (Å²) in [5.74, 6) is -0.925. The Morgan fingerprint density at radius 2 is 1.77 bits per heavy atom. The van der Waals surface area contributed by atoms with Gasteiger partial charge in [0.2, 0.25) is 0 Å². The molecule has 1 amide bonds. The summed E-state index contributed by atoms with van der Waals surface area (Å²) in [6.07, 6.45) is 0. The van der Waals surface area contributed by atoms with E-state index in [2.05, 4.69) is 4.90 Å². The molecule has 2 heterocycles. The second kappa shape index (κ2) is 8.20. The molecule has 0 saturated carbocycles. The third-order valence-corrected chi connectivity index (χ3v) is 5.89. The first-order valence-corrected chi connectivity index (χ1v) is 10.2. The number of amides is 1. The number of hydrogen-bond acceptors (Lipinski definition) is 4. The van der Waals surface area contributed by atoms with Crippen LogP contribution in [0.25, 0.3) is 11.0 Å². The Morgan fingerprint density at radius 3 is 2.50 bits per heavy atom. The highest BCUT2D eigenvalue weighted by atomic mass is 35.5. The lowest BCUT2D eigenvalue weighted by Gasteiger charge is -2.35. The van der Waals surface area contributed by atoms with Crippen LogP contribution >= 0.6 is 11.6 Å². The van der Waals surface area contributed by atoms with Crippen LogP contribution in [0.5, 0.6) is 0 Å². The van der Waals surface area contributed by atoms with E-state index in [1.807, 2.05) is 26.0 Å². The van der Waals surface area contributed by atoms with Gasteiger partial charge in [0.15, 0.2) is 0 Å². The minimum atomic E-state index is -0.569. The lowest BCUT2D eigenvalue weighted by molar-refractivity contribution is 0.0624. The highest BCUT2D eigenvalue weighted by Crippen LogP contribution is 2.23. The highest BCUT2D eigenvalue weighted by Gasteiger charge is 2.25. The first kappa shape index (κ1) is 20.6. The van der Waals surface area contributed by atoms with E-state index in [0.29, 0.717) is 43.3 Å². The Bertz CT molecular complexity index is 1180. The SMILES string of the molecule is Cc1cc2oc(=O)cc(CN3CCN(C(=O)c4cc(Cl)ccc4F)CC3)c2cc1C. The average Bonchev–Trinajstić information content (AvgIpc) is 2.71. The zero-order valence-electron chi connectivity index (χ0n) is 16.9. The maximum absolute atomic E-state index is 14.0. The van der Waals surface area contributed by atoms with Crippen LogP contribution in [-0.4, -0.2) is 41.9 Å². The van der Waals surface area contributed by atoms with Crippen molar-refractivity contribution in [1.82, 2.24) is 9.80 Å². The summed E-state index contributed by atoms with van der Waals surface area (Å²) in [6, 6.07) is 9.48. The fourth-order valence-corrected chi connectivity index (χ4v) is 3.97.